The van der Waals surface area contributed by atoms with Crippen LogP contribution in [0.5, 0.6) is 0 Å². The van der Waals surface area contributed by atoms with Gasteiger partial charge in [0.15, 0.2) is 4.77 Å². The maximum Gasteiger partial charge on any atom is 0.178 e. The average molecular weight is 353 g/mol. The van der Waals surface area contributed by atoms with E-state index in [9.17, 15) is 0 Å². The second-order valence-electron chi connectivity index (χ2n) is 6.00. The van der Waals surface area contributed by atoms with Gasteiger partial charge in [0.1, 0.15) is 0 Å². The lowest BCUT2D eigenvalue weighted by Crippen LogP contribution is -2.18. The number of nitrogens with one attached hydrogen (secondary N) is 1. The molecule has 108 valence electrons. The Morgan fingerprint density at radius 3 is 2.65 bits per heavy atom. The summed E-state index contributed by atoms with van der Waals surface area (Å²) >= 11 is 9.06. The van der Waals surface area contributed by atoms with Crippen molar-refractivity contribution in [1.82, 2.24) is 9.55 Å². The number of nitrogens with zero attached hydrogens (tertiary/aromatic N) is 1. The molecule has 0 unspecified atom stereocenters. The lowest BCUT2D eigenvalue weighted by atomic mass is 9.81. The van der Waals surface area contributed by atoms with E-state index < -0.39 is 0 Å². The monoisotopic (exact) mass is 352 g/mol. The minimum absolute atomic E-state index is 0.780. The van der Waals surface area contributed by atoms with E-state index in [1.54, 1.807) is 0 Å². The Balaban J connectivity index is 1.82. The van der Waals surface area contributed by atoms with Gasteiger partial charge in [-0.3, -0.25) is 0 Å². The minimum Gasteiger partial charge on any atom is -0.331 e. The molecule has 0 bridgehead atoms. The van der Waals surface area contributed by atoms with Crippen molar-refractivity contribution in [2.24, 2.45) is 11.8 Å². The number of aromatic nitrogens is 2. The van der Waals surface area contributed by atoms with E-state index in [1.165, 1.54) is 37.6 Å². The summed E-state index contributed by atoms with van der Waals surface area (Å²) in [5.74, 6) is 1.74. The van der Waals surface area contributed by atoms with Crippen molar-refractivity contribution in [3.05, 3.63) is 27.4 Å². The number of fused-ring (bicyclic) bond motifs is 1. The van der Waals surface area contributed by atoms with Gasteiger partial charge in [-0.25, -0.2) is 0 Å². The van der Waals surface area contributed by atoms with Crippen molar-refractivity contribution >= 4 is 39.2 Å². The maximum atomic E-state index is 5.50. The summed E-state index contributed by atoms with van der Waals surface area (Å²) in [7, 11) is 0. The van der Waals surface area contributed by atoms with Crippen molar-refractivity contribution in [2.45, 2.75) is 45.6 Å². The number of hydrogen-bond donors (Lipinski definition) is 1. The standard InChI is InChI=1S/C16H21BrN2S/c1-2-11-3-5-12(6-4-11)10-19-15-9-13(17)7-8-14(15)18-16(19)20/h7-9,11-12H,2-6,10H2,1H3,(H,18,20). The number of halogens is 1. The fourth-order valence-electron chi connectivity index (χ4n) is 3.39. The molecule has 1 heterocycles. The van der Waals surface area contributed by atoms with E-state index in [1.807, 2.05) is 0 Å². The Morgan fingerprint density at radius 1 is 1.25 bits per heavy atom. The smallest absolute Gasteiger partial charge is 0.178 e. The second kappa shape index (κ2) is 6.02. The lowest BCUT2D eigenvalue weighted by Gasteiger charge is -2.28. The Morgan fingerprint density at radius 2 is 1.95 bits per heavy atom. The van der Waals surface area contributed by atoms with Gasteiger partial charge >= 0.3 is 0 Å². The van der Waals surface area contributed by atoms with Crippen molar-refractivity contribution in [3.63, 3.8) is 0 Å². The molecule has 2 nitrogen and oxygen atoms in total. The van der Waals surface area contributed by atoms with Crippen LogP contribution in [-0.2, 0) is 6.54 Å². The summed E-state index contributed by atoms with van der Waals surface area (Å²) in [6, 6.07) is 6.32. The molecule has 20 heavy (non-hydrogen) atoms. The van der Waals surface area contributed by atoms with Crippen LogP contribution in [0.4, 0.5) is 0 Å². The van der Waals surface area contributed by atoms with Gasteiger partial charge in [-0.1, -0.05) is 42.1 Å². The third-order valence-corrected chi connectivity index (χ3v) is 5.54. The van der Waals surface area contributed by atoms with Gasteiger partial charge in [-0.2, -0.15) is 0 Å². The van der Waals surface area contributed by atoms with Crippen molar-refractivity contribution in [1.29, 1.82) is 0 Å². The zero-order valence-electron chi connectivity index (χ0n) is 11.9. The summed E-state index contributed by atoms with van der Waals surface area (Å²) < 4.78 is 4.25. The molecular weight excluding hydrogens is 332 g/mol. The van der Waals surface area contributed by atoms with Gasteiger partial charge in [0.25, 0.3) is 0 Å². The highest BCUT2D eigenvalue weighted by Crippen LogP contribution is 2.32. The molecule has 4 heteroatoms. The molecule has 0 saturated heterocycles. The summed E-state index contributed by atoms with van der Waals surface area (Å²) in [6.45, 7) is 3.38. The van der Waals surface area contributed by atoms with E-state index in [0.717, 1.165) is 33.1 Å². The molecule has 1 N–H and O–H groups in total. The number of benzene rings is 1. The molecule has 2 aromatic rings. The summed E-state index contributed by atoms with van der Waals surface area (Å²) in [4.78, 5) is 3.32. The fraction of sp³-hybridized carbons (Fsp3) is 0.562. The molecular formula is C16H21BrN2S. The van der Waals surface area contributed by atoms with E-state index in [2.05, 4.69) is 50.6 Å². The van der Waals surface area contributed by atoms with Crippen LogP contribution in [0.2, 0.25) is 0 Å². The van der Waals surface area contributed by atoms with Gasteiger partial charge in [0.2, 0.25) is 0 Å². The van der Waals surface area contributed by atoms with Crippen LogP contribution in [0.25, 0.3) is 11.0 Å². The Hall–Kier alpha value is -0.610. The van der Waals surface area contributed by atoms with Crippen molar-refractivity contribution in [2.75, 3.05) is 0 Å². The fourth-order valence-corrected chi connectivity index (χ4v) is 4.02. The van der Waals surface area contributed by atoms with E-state index in [-0.39, 0.29) is 0 Å². The van der Waals surface area contributed by atoms with Crippen LogP contribution in [0.1, 0.15) is 39.0 Å². The number of H-pyrrole nitrogens is 1. The molecule has 0 radical (unpaired) electrons. The molecule has 3 rings (SSSR count). The van der Waals surface area contributed by atoms with Crippen LogP contribution in [0, 0.1) is 16.6 Å². The van der Waals surface area contributed by atoms with Crippen LogP contribution < -0.4 is 0 Å². The lowest BCUT2D eigenvalue weighted by molar-refractivity contribution is 0.248. The number of imidazole rings is 1. The van der Waals surface area contributed by atoms with Gasteiger partial charge in [-0.15, -0.1) is 0 Å². The molecule has 0 atom stereocenters. The highest BCUT2D eigenvalue weighted by atomic mass is 79.9. The second-order valence-corrected chi connectivity index (χ2v) is 7.30. The molecule has 0 spiro atoms. The zero-order chi connectivity index (χ0) is 14.1. The first-order chi connectivity index (χ1) is 9.67. The Bertz CT molecular complexity index is 650. The van der Waals surface area contributed by atoms with Crippen LogP contribution in [0.15, 0.2) is 22.7 Å². The van der Waals surface area contributed by atoms with Crippen molar-refractivity contribution < 1.29 is 0 Å². The molecule has 1 aromatic heterocycles. The third kappa shape index (κ3) is 2.86. The predicted molar refractivity (Wildman–Crippen MR) is 90.6 cm³/mol. The highest BCUT2D eigenvalue weighted by Gasteiger charge is 2.21. The molecule has 0 amide bonds. The molecule has 1 aliphatic rings. The van der Waals surface area contributed by atoms with Crippen LogP contribution in [-0.4, -0.2) is 9.55 Å². The van der Waals surface area contributed by atoms with Gasteiger partial charge in [0, 0.05) is 11.0 Å². The zero-order valence-corrected chi connectivity index (χ0v) is 14.3. The van der Waals surface area contributed by atoms with Gasteiger partial charge in [0.05, 0.1) is 11.0 Å². The third-order valence-electron chi connectivity index (χ3n) is 4.72. The van der Waals surface area contributed by atoms with Crippen LogP contribution in [0.3, 0.4) is 0 Å². The van der Waals surface area contributed by atoms with E-state index >= 15 is 0 Å². The summed E-state index contributed by atoms with van der Waals surface area (Å²) in [6.07, 6.45) is 6.81. The SMILES string of the molecule is CCC1CCC(Cn2c(=S)[nH]c3ccc(Br)cc32)CC1. The Labute approximate surface area is 133 Å². The summed E-state index contributed by atoms with van der Waals surface area (Å²) in [5, 5.41) is 0. The molecule has 1 aliphatic carbocycles. The molecule has 1 saturated carbocycles. The molecule has 1 fully saturated rings. The quantitative estimate of drug-likeness (QED) is 0.704. The van der Waals surface area contributed by atoms with Gasteiger partial charge in [-0.05, 0) is 55.1 Å². The van der Waals surface area contributed by atoms with E-state index in [4.69, 9.17) is 12.2 Å². The Kier molecular flexibility index (Phi) is 4.32. The number of rotatable bonds is 3. The molecule has 0 aliphatic heterocycles. The first-order valence-electron chi connectivity index (χ1n) is 7.55. The predicted octanol–water partition coefficient (Wildman–Crippen LogP) is 5.68. The average Bonchev–Trinajstić information content (AvgIpc) is 2.76. The number of hydrogen-bond acceptors (Lipinski definition) is 1. The highest BCUT2D eigenvalue weighted by molar-refractivity contribution is 9.10. The summed E-state index contributed by atoms with van der Waals surface area (Å²) in [5.41, 5.74) is 2.36. The van der Waals surface area contributed by atoms with E-state index in [0.29, 0.717) is 0 Å². The van der Waals surface area contributed by atoms with Crippen LogP contribution >= 0.6 is 28.1 Å². The molecule has 1 aromatic carbocycles. The normalized spacial score (nSPS) is 23.3. The topological polar surface area (TPSA) is 20.7 Å². The first-order valence-corrected chi connectivity index (χ1v) is 8.75. The van der Waals surface area contributed by atoms with Gasteiger partial charge < -0.3 is 9.55 Å². The largest absolute Gasteiger partial charge is 0.331 e. The maximum absolute atomic E-state index is 5.50. The first kappa shape index (κ1) is 14.3. The minimum atomic E-state index is 0.780. The number of aromatic amines is 1. The van der Waals surface area contributed by atoms with Crippen molar-refractivity contribution in [3.8, 4) is 0 Å².